The number of rotatable bonds is 4. The van der Waals surface area contributed by atoms with E-state index >= 15 is 0 Å². The minimum Gasteiger partial charge on any atom is -0.480 e. The second-order valence-electron chi connectivity index (χ2n) is 6.05. The van der Waals surface area contributed by atoms with Gasteiger partial charge in [-0.3, -0.25) is 4.79 Å². The number of nitrogens with zero attached hydrogens (tertiary/aromatic N) is 1. The zero-order valence-corrected chi connectivity index (χ0v) is 12.6. The third-order valence-corrected chi connectivity index (χ3v) is 3.03. The Kier molecular flexibility index (Phi) is 4.76. The quantitative estimate of drug-likeness (QED) is 0.883. The number of hydrogen-bond donors (Lipinski definition) is 2. The summed E-state index contributed by atoms with van der Waals surface area (Å²) in [7, 11) is 3.82. The molecule has 1 rings (SSSR count). The fraction of sp³-hybridized carbons (Fsp3) is 0.467. The molecule has 1 atom stereocenters. The van der Waals surface area contributed by atoms with Crippen LogP contribution in [0.2, 0.25) is 0 Å². The summed E-state index contributed by atoms with van der Waals surface area (Å²) in [6.45, 7) is 5.34. The van der Waals surface area contributed by atoms with E-state index in [0.29, 0.717) is 5.56 Å². The minimum absolute atomic E-state index is 0.377. The Morgan fingerprint density at radius 1 is 1.15 bits per heavy atom. The van der Waals surface area contributed by atoms with Crippen LogP contribution < -0.4 is 10.2 Å². The molecule has 1 aromatic rings. The van der Waals surface area contributed by atoms with Gasteiger partial charge in [-0.05, 0) is 29.7 Å². The van der Waals surface area contributed by atoms with Crippen molar-refractivity contribution < 1.29 is 14.7 Å². The summed E-state index contributed by atoms with van der Waals surface area (Å²) in [6.07, 6.45) is 0. The van der Waals surface area contributed by atoms with Crippen molar-refractivity contribution in [2.45, 2.75) is 26.8 Å². The molecule has 0 radical (unpaired) electrons. The fourth-order valence-electron chi connectivity index (χ4n) is 1.77. The second kappa shape index (κ2) is 5.94. The van der Waals surface area contributed by atoms with Gasteiger partial charge >= 0.3 is 5.97 Å². The highest BCUT2D eigenvalue weighted by Crippen LogP contribution is 2.20. The van der Waals surface area contributed by atoms with Gasteiger partial charge in [0.2, 0.25) is 0 Å². The number of carbonyl (C=O) groups excluding carboxylic acids is 1. The van der Waals surface area contributed by atoms with Gasteiger partial charge in [-0.1, -0.05) is 20.8 Å². The molecule has 0 aliphatic carbocycles. The summed E-state index contributed by atoms with van der Waals surface area (Å²) >= 11 is 0. The first kappa shape index (κ1) is 16.0. The largest absolute Gasteiger partial charge is 0.480 e. The van der Waals surface area contributed by atoms with Crippen molar-refractivity contribution >= 4 is 17.6 Å². The molecule has 20 heavy (non-hydrogen) atoms. The number of carboxylic acid groups (broad SMARTS) is 1. The Bertz CT molecular complexity index is 487. The number of aliphatic carboxylic acids is 1. The van der Waals surface area contributed by atoms with E-state index in [0.717, 1.165) is 5.69 Å². The van der Waals surface area contributed by atoms with Crippen LogP contribution in [0, 0.1) is 5.41 Å². The monoisotopic (exact) mass is 278 g/mol. The molecule has 2 N–H and O–H groups in total. The van der Waals surface area contributed by atoms with E-state index in [-0.39, 0.29) is 5.91 Å². The van der Waals surface area contributed by atoms with Gasteiger partial charge in [-0.2, -0.15) is 0 Å². The SMILES string of the molecule is CN(C)c1ccc(C(=O)N[C@@H](C(=O)O)C(C)(C)C)cc1. The normalized spacial score (nSPS) is 12.7. The van der Waals surface area contributed by atoms with E-state index in [4.69, 9.17) is 0 Å². The Morgan fingerprint density at radius 2 is 1.65 bits per heavy atom. The van der Waals surface area contributed by atoms with Crippen LogP contribution in [-0.4, -0.2) is 37.1 Å². The number of hydrogen-bond acceptors (Lipinski definition) is 3. The van der Waals surface area contributed by atoms with Gasteiger partial charge in [0.1, 0.15) is 6.04 Å². The summed E-state index contributed by atoms with van der Waals surface area (Å²) in [5, 5.41) is 11.8. The summed E-state index contributed by atoms with van der Waals surface area (Å²) < 4.78 is 0. The number of anilines is 1. The van der Waals surface area contributed by atoms with E-state index in [2.05, 4.69) is 5.32 Å². The standard InChI is InChI=1S/C15H22N2O3/c1-15(2,3)12(14(19)20)16-13(18)10-6-8-11(9-7-10)17(4)5/h6-9,12H,1-5H3,(H,16,18)(H,19,20)/t12-/m0/s1. The van der Waals surface area contributed by atoms with Crippen LogP contribution in [0.4, 0.5) is 5.69 Å². The zero-order chi connectivity index (χ0) is 15.5. The highest BCUT2D eigenvalue weighted by Gasteiger charge is 2.32. The molecular weight excluding hydrogens is 256 g/mol. The molecule has 0 saturated carbocycles. The Labute approximate surface area is 119 Å². The molecule has 0 spiro atoms. The second-order valence-corrected chi connectivity index (χ2v) is 6.05. The van der Waals surface area contributed by atoms with Crippen molar-refractivity contribution in [3.63, 3.8) is 0 Å². The molecule has 5 heteroatoms. The van der Waals surface area contributed by atoms with Crippen LogP contribution in [0.15, 0.2) is 24.3 Å². The maximum absolute atomic E-state index is 12.1. The van der Waals surface area contributed by atoms with Crippen LogP contribution in [0.1, 0.15) is 31.1 Å². The molecule has 110 valence electrons. The average Bonchev–Trinajstić information content (AvgIpc) is 2.33. The molecule has 0 unspecified atom stereocenters. The van der Waals surface area contributed by atoms with Crippen molar-refractivity contribution in [1.29, 1.82) is 0 Å². The van der Waals surface area contributed by atoms with Crippen molar-refractivity contribution in [2.24, 2.45) is 5.41 Å². The van der Waals surface area contributed by atoms with E-state index in [1.807, 2.05) is 31.1 Å². The summed E-state index contributed by atoms with van der Waals surface area (Å²) in [4.78, 5) is 25.3. The molecular formula is C15H22N2O3. The summed E-state index contributed by atoms with van der Waals surface area (Å²) in [5.74, 6) is -1.41. The Hall–Kier alpha value is -2.04. The number of nitrogens with one attached hydrogen (secondary N) is 1. The maximum Gasteiger partial charge on any atom is 0.326 e. The predicted octanol–water partition coefficient (Wildman–Crippen LogP) is 1.98. The number of carboxylic acids is 1. The molecule has 0 saturated heterocycles. The van der Waals surface area contributed by atoms with E-state index < -0.39 is 17.4 Å². The van der Waals surface area contributed by atoms with Gasteiger partial charge < -0.3 is 15.3 Å². The van der Waals surface area contributed by atoms with Crippen molar-refractivity contribution in [3.8, 4) is 0 Å². The smallest absolute Gasteiger partial charge is 0.326 e. The van der Waals surface area contributed by atoms with Gasteiger partial charge in [0.15, 0.2) is 0 Å². The van der Waals surface area contributed by atoms with E-state index in [1.54, 1.807) is 32.9 Å². The number of benzene rings is 1. The minimum atomic E-state index is -1.03. The van der Waals surface area contributed by atoms with Crippen molar-refractivity contribution in [2.75, 3.05) is 19.0 Å². The third kappa shape index (κ3) is 3.98. The number of amides is 1. The average molecular weight is 278 g/mol. The van der Waals surface area contributed by atoms with Gasteiger partial charge in [0.25, 0.3) is 5.91 Å². The first-order valence-electron chi connectivity index (χ1n) is 6.44. The molecule has 0 aromatic heterocycles. The number of carbonyl (C=O) groups is 2. The third-order valence-electron chi connectivity index (χ3n) is 3.03. The van der Waals surface area contributed by atoms with E-state index in [9.17, 15) is 14.7 Å². The lowest BCUT2D eigenvalue weighted by Gasteiger charge is -2.27. The summed E-state index contributed by atoms with van der Waals surface area (Å²) in [6, 6.07) is 6.09. The first-order valence-corrected chi connectivity index (χ1v) is 6.44. The Morgan fingerprint density at radius 3 is 2.00 bits per heavy atom. The molecule has 0 heterocycles. The van der Waals surface area contributed by atoms with Crippen LogP contribution in [-0.2, 0) is 4.79 Å². The van der Waals surface area contributed by atoms with Gasteiger partial charge in [0.05, 0.1) is 0 Å². The van der Waals surface area contributed by atoms with Gasteiger partial charge in [-0.15, -0.1) is 0 Å². The summed E-state index contributed by atoms with van der Waals surface area (Å²) in [5.41, 5.74) is 0.878. The molecule has 0 bridgehead atoms. The lowest BCUT2D eigenvalue weighted by molar-refractivity contribution is -0.142. The zero-order valence-electron chi connectivity index (χ0n) is 12.6. The highest BCUT2D eigenvalue weighted by atomic mass is 16.4. The first-order chi connectivity index (χ1) is 9.12. The maximum atomic E-state index is 12.1. The Balaban J connectivity index is 2.87. The molecule has 5 nitrogen and oxygen atoms in total. The predicted molar refractivity (Wildman–Crippen MR) is 79.1 cm³/mol. The highest BCUT2D eigenvalue weighted by molar-refractivity contribution is 5.97. The lowest BCUT2D eigenvalue weighted by atomic mass is 9.86. The molecule has 0 aliphatic heterocycles. The topological polar surface area (TPSA) is 69.6 Å². The van der Waals surface area contributed by atoms with Crippen LogP contribution >= 0.6 is 0 Å². The van der Waals surface area contributed by atoms with E-state index in [1.165, 1.54) is 0 Å². The van der Waals surface area contributed by atoms with Crippen LogP contribution in [0.25, 0.3) is 0 Å². The molecule has 1 amide bonds. The van der Waals surface area contributed by atoms with Gasteiger partial charge in [-0.25, -0.2) is 4.79 Å². The van der Waals surface area contributed by atoms with Crippen LogP contribution in [0.5, 0.6) is 0 Å². The van der Waals surface area contributed by atoms with Crippen LogP contribution in [0.3, 0.4) is 0 Å². The molecule has 1 aromatic carbocycles. The van der Waals surface area contributed by atoms with Crippen molar-refractivity contribution in [3.05, 3.63) is 29.8 Å². The lowest BCUT2D eigenvalue weighted by Crippen LogP contribution is -2.49. The molecule has 0 aliphatic rings. The molecule has 0 fully saturated rings. The fourth-order valence-corrected chi connectivity index (χ4v) is 1.77. The van der Waals surface area contributed by atoms with Crippen molar-refractivity contribution in [1.82, 2.24) is 5.32 Å². The van der Waals surface area contributed by atoms with Gasteiger partial charge in [0, 0.05) is 25.3 Å².